The third kappa shape index (κ3) is 237000. The minimum Gasteiger partial charge on any atom is -1.00 e. The Balaban J connectivity index is -0.0000000112. The van der Waals surface area contributed by atoms with E-state index in [4.69, 9.17) is 19.8 Å². The zero-order valence-electron chi connectivity index (χ0n) is 6.97. The number of carbonyl (C=O) groups excluding carboxylic acids is 2. The second kappa shape index (κ2) is 22.5. The third-order valence-electron chi connectivity index (χ3n) is 0. The van der Waals surface area contributed by atoms with Crippen molar-refractivity contribution in [2.45, 2.75) is 13.8 Å². The summed E-state index contributed by atoms with van der Waals surface area (Å²) in [6, 6.07) is 0. The number of hydrogen-bond donors (Lipinski definition) is 0. The Morgan fingerprint density at radius 1 is 1.00 bits per heavy atom. The largest absolute Gasteiger partial charge is 3.00 e. The van der Waals surface area contributed by atoms with Crippen LogP contribution in [0.5, 0.6) is 0 Å². The second-order valence-electron chi connectivity index (χ2n) is 0.983. The van der Waals surface area contributed by atoms with Gasteiger partial charge in [0.2, 0.25) is 0 Å². The van der Waals surface area contributed by atoms with E-state index < -0.39 is 11.9 Å². The molecule has 0 heterocycles. The first kappa shape index (κ1) is 30.5. The minimum atomic E-state index is -1.08. The molecule has 0 N–H and O–H groups in total. The van der Waals surface area contributed by atoms with Gasteiger partial charge in [0.15, 0.2) is 0 Å². The van der Waals surface area contributed by atoms with Gasteiger partial charge in [-0.15, -0.1) is 0 Å². The van der Waals surface area contributed by atoms with Gasteiger partial charge in [-0.1, -0.05) is 0 Å². The predicted octanol–water partition coefficient (Wildman–Crippen LogP) is -8.75. The molecule has 4 nitrogen and oxygen atoms in total. The zero-order chi connectivity index (χ0) is 7.15. The second-order valence-corrected chi connectivity index (χ2v) is 0.983. The van der Waals surface area contributed by atoms with E-state index in [0.717, 1.165) is 13.8 Å². The maximum absolute atomic E-state index is 8.89. The molecule has 0 saturated heterocycles. The Morgan fingerprint density at radius 2 is 1.00 bits per heavy atom. The number of carboxylic acids is 2. The van der Waals surface area contributed by atoms with Crippen molar-refractivity contribution in [3.63, 3.8) is 0 Å². The van der Waals surface area contributed by atoms with Crippen molar-refractivity contribution in [1.29, 1.82) is 0 Å². The molecule has 0 aliphatic rings. The summed E-state index contributed by atoms with van der Waals surface area (Å²) in [5.74, 6) is -2.17. The van der Waals surface area contributed by atoms with E-state index in [-0.39, 0.29) is 43.6 Å². The number of aliphatic carboxylic acids is 2. The standard InChI is InChI=1S/2C2H4O2.Al.2ClH/c2*1-2(3)4;;;/h2*1H3,(H,3,4);;2*1H/q;;+3;;/p-3. The summed E-state index contributed by atoms with van der Waals surface area (Å²) in [6.45, 7) is 1.94. The van der Waals surface area contributed by atoms with Gasteiger partial charge in [-0.25, -0.2) is 0 Å². The first-order valence-corrected chi connectivity index (χ1v) is 1.82. The van der Waals surface area contributed by atoms with Crippen molar-refractivity contribution in [3.05, 3.63) is 0 Å². The topological polar surface area (TPSA) is 80.3 Å². The number of carboxylic acid groups (broad SMARTS) is 2. The van der Waals surface area contributed by atoms with Crippen LogP contribution in [0.15, 0.2) is 0 Å². The first-order chi connectivity index (χ1) is 3.46. The molecule has 0 amide bonds. The van der Waals surface area contributed by atoms with Gasteiger partial charge < -0.3 is 44.6 Å². The van der Waals surface area contributed by atoms with Crippen LogP contribution in [0.1, 0.15) is 15.3 Å². The first-order valence-electron chi connectivity index (χ1n) is 1.82. The zero-order valence-corrected chi connectivity index (χ0v) is 8.63. The Bertz CT molecular complexity index is 83.1. The average Bonchev–Trinajstić information content (AvgIpc) is 1.25. The van der Waals surface area contributed by atoms with Gasteiger partial charge in [-0.2, -0.15) is 0 Å². The van der Waals surface area contributed by atoms with E-state index in [1.807, 2.05) is 0 Å². The minimum absolute atomic E-state index is 0. The predicted molar refractivity (Wildman–Crippen MR) is 28.2 cm³/mol. The van der Waals surface area contributed by atoms with Gasteiger partial charge in [-0.05, 0) is 13.8 Å². The van der Waals surface area contributed by atoms with E-state index in [2.05, 4.69) is 0 Å². The quantitative estimate of drug-likeness (QED) is 0.377. The summed E-state index contributed by atoms with van der Waals surface area (Å²) >= 11 is 0. The van der Waals surface area contributed by atoms with E-state index in [1.54, 1.807) is 0 Å². The van der Waals surface area contributed by atoms with E-state index >= 15 is 0 Å². The maximum Gasteiger partial charge on any atom is 3.00 e. The molecule has 0 aromatic rings. The number of rotatable bonds is 0. The Morgan fingerprint density at radius 3 is 1.00 bits per heavy atom. The average molecular weight is 217 g/mol. The van der Waals surface area contributed by atoms with Crippen LogP contribution in [0, 0.1) is 0 Å². The van der Waals surface area contributed by atoms with Gasteiger partial charge in [-0.3, -0.25) is 0 Å². The van der Waals surface area contributed by atoms with Crippen molar-refractivity contribution >= 4 is 29.3 Å². The molecule has 0 aliphatic heterocycles. The molecule has 7 heteroatoms. The van der Waals surface area contributed by atoms with Gasteiger partial charge in [0.1, 0.15) is 0 Å². The Hall–Kier alpha value is 0.0525. The molecule has 0 bridgehead atoms. The fourth-order valence-electron chi connectivity index (χ4n) is 0. The fourth-order valence-corrected chi connectivity index (χ4v) is 0. The van der Waals surface area contributed by atoms with Gasteiger partial charge >= 0.3 is 18.8 Å². The van der Waals surface area contributed by atoms with Crippen LogP contribution in [0.3, 0.4) is 0 Å². The van der Waals surface area contributed by atoms with Gasteiger partial charge in [0.05, 0.1) is 0 Å². The molecule has 64 valence electrons. The van der Waals surface area contributed by atoms with Crippen LogP contribution < -0.4 is 35.0 Å². The number of carbonyl (C=O) groups is 2. The monoisotopic (exact) mass is 216 g/mol. The van der Waals surface area contributed by atoms with Crippen molar-refractivity contribution in [3.8, 4) is 0 Å². The molecule has 0 unspecified atom stereocenters. The molecular weight excluding hydrogens is 210 g/mol. The van der Waals surface area contributed by atoms with Crippen LogP contribution in [-0.2, 0) is 9.59 Å². The van der Waals surface area contributed by atoms with Crippen LogP contribution in [0.25, 0.3) is 0 Å². The van der Waals surface area contributed by atoms with Crippen LogP contribution in [0.4, 0.5) is 0 Å². The van der Waals surface area contributed by atoms with Crippen molar-refractivity contribution in [2.24, 2.45) is 0 Å². The Labute approximate surface area is 89.4 Å². The van der Waals surface area contributed by atoms with E-state index in [1.165, 1.54) is 0 Å². The molecular formula is C4H7AlCl2O4. The van der Waals surface area contributed by atoms with Gasteiger partial charge in [0, 0.05) is 11.9 Å². The fraction of sp³-hybridized carbons (Fsp3) is 0.500. The van der Waals surface area contributed by atoms with Crippen LogP contribution in [-0.4, -0.2) is 29.3 Å². The summed E-state index contributed by atoms with van der Waals surface area (Å²) in [6.07, 6.45) is 0. The summed E-state index contributed by atoms with van der Waals surface area (Å²) in [4.78, 5) is 17.8. The summed E-state index contributed by atoms with van der Waals surface area (Å²) in [5.41, 5.74) is 0. The van der Waals surface area contributed by atoms with E-state index in [0.29, 0.717) is 0 Å². The number of hydrogen-bond acceptors (Lipinski definition) is 4. The molecule has 0 fully saturated rings. The van der Waals surface area contributed by atoms with E-state index in [9.17, 15) is 0 Å². The van der Waals surface area contributed by atoms with Gasteiger partial charge in [0.25, 0.3) is 0 Å². The Kier molecular flexibility index (Phi) is 62.3. The summed E-state index contributed by atoms with van der Waals surface area (Å²) < 4.78 is 0. The normalized spacial score (nSPS) is 4.55. The molecule has 0 aromatic carbocycles. The molecule has 0 aliphatic carbocycles. The molecule has 0 rings (SSSR count). The smallest absolute Gasteiger partial charge is 1.00 e. The summed E-state index contributed by atoms with van der Waals surface area (Å²) in [7, 11) is 0. The molecule has 0 atom stereocenters. The molecule has 0 saturated carbocycles. The van der Waals surface area contributed by atoms with Crippen LogP contribution in [0.2, 0.25) is 0 Å². The van der Waals surface area contributed by atoms with Crippen molar-refractivity contribution in [2.75, 3.05) is 0 Å². The molecule has 0 aromatic heterocycles. The molecule has 11 heavy (non-hydrogen) atoms. The van der Waals surface area contributed by atoms with Crippen molar-refractivity contribution in [1.82, 2.24) is 0 Å². The summed E-state index contributed by atoms with van der Waals surface area (Å²) in [5, 5.41) is 17.8. The van der Waals surface area contributed by atoms with Crippen LogP contribution >= 0.6 is 0 Å². The SMILES string of the molecule is CC(=O)[O-].CC(=O)[O-].[Al+3].[Cl-].[Cl-].[H+]. The maximum atomic E-state index is 8.89. The third-order valence-corrected chi connectivity index (χ3v) is 0. The molecule has 0 radical (unpaired) electrons. The number of halogens is 2. The molecule has 0 spiro atoms. The van der Waals surface area contributed by atoms with Crippen molar-refractivity contribution < 1.29 is 46.0 Å².